The maximum absolute atomic E-state index is 11.1. The number of carbonyl (C=O) groups is 1. The number of hydrogen-bond acceptors (Lipinski definition) is 2. The van der Waals surface area contributed by atoms with Crippen LogP contribution in [0.2, 0.25) is 5.02 Å². The van der Waals surface area contributed by atoms with Crippen molar-refractivity contribution in [2.45, 2.75) is 37.3 Å². The second-order valence-corrected chi connectivity index (χ2v) is 5.73. The number of carbonyl (C=O) groups excluding carboxylic acids is 1. The van der Waals surface area contributed by atoms with Crippen LogP contribution in [0.5, 0.6) is 0 Å². The molecule has 0 bridgehead atoms. The summed E-state index contributed by atoms with van der Waals surface area (Å²) in [5.74, 6) is 0.782. The minimum Gasteiger partial charge on any atom is -0.354 e. The molecule has 2 aliphatic rings. The third-order valence-corrected chi connectivity index (χ3v) is 4.14. The van der Waals surface area contributed by atoms with E-state index in [0.717, 1.165) is 24.4 Å². The molecule has 3 nitrogen and oxygen atoms in total. The molecule has 0 aromatic heterocycles. The third-order valence-electron chi connectivity index (χ3n) is 3.91. The topological polar surface area (TPSA) is 41.1 Å². The van der Waals surface area contributed by atoms with Crippen molar-refractivity contribution in [3.8, 4) is 0 Å². The Morgan fingerprint density at radius 3 is 2.78 bits per heavy atom. The molecule has 96 valence electrons. The van der Waals surface area contributed by atoms with E-state index in [1.807, 2.05) is 12.1 Å². The highest BCUT2D eigenvalue weighted by Crippen LogP contribution is 2.37. The monoisotopic (exact) mass is 264 g/mol. The van der Waals surface area contributed by atoms with Gasteiger partial charge in [-0.25, -0.2) is 0 Å². The molecule has 0 spiro atoms. The van der Waals surface area contributed by atoms with Crippen LogP contribution in [0, 0.1) is 0 Å². The Morgan fingerprint density at radius 2 is 2.11 bits per heavy atom. The van der Waals surface area contributed by atoms with Crippen LogP contribution in [-0.4, -0.2) is 24.5 Å². The Bertz CT molecular complexity index is 457. The van der Waals surface area contributed by atoms with Gasteiger partial charge in [0.15, 0.2) is 0 Å². The number of halogens is 1. The van der Waals surface area contributed by atoms with E-state index < -0.39 is 0 Å². The van der Waals surface area contributed by atoms with E-state index in [4.69, 9.17) is 11.6 Å². The molecule has 0 radical (unpaired) electrons. The van der Waals surface area contributed by atoms with E-state index in [1.165, 1.54) is 5.56 Å². The first-order chi connectivity index (χ1) is 8.70. The van der Waals surface area contributed by atoms with Gasteiger partial charge in [-0.1, -0.05) is 23.7 Å². The van der Waals surface area contributed by atoms with Gasteiger partial charge in [0.2, 0.25) is 5.91 Å². The molecule has 1 saturated carbocycles. The van der Waals surface area contributed by atoms with Gasteiger partial charge in [-0.15, -0.1) is 0 Å². The van der Waals surface area contributed by atoms with E-state index >= 15 is 0 Å². The second kappa shape index (κ2) is 4.90. The van der Waals surface area contributed by atoms with E-state index in [9.17, 15) is 4.79 Å². The highest BCUT2D eigenvalue weighted by molar-refractivity contribution is 6.30. The highest BCUT2D eigenvalue weighted by Gasteiger charge is 2.33. The maximum Gasteiger partial charge on any atom is 0.221 e. The maximum atomic E-state index is 11.1. The van der Waals surface area contributed by atoms with E-state index in [2.05, 4.69) is 22.8 Å². The van der Waals surface area contributed by atoms with Crippen LogP contribution in [-0.2, 0) is 4.79 Å². The largest absolute Gasteiger partial charge is 0.354 e. The van der Waals surface area contributed by atoms with Crippen LogP contribution in [0.3, 0.4) is 0 Å². The highest BCUT2D eigenvalue weighted by atomic mass is 35.5. The van der Waals surface area contributed by atoms with Crippen molar-refractivity contribution in [1.82, 2.24) is 10.6 Å². The van der Waals surface area contributed by atoms with Gasteiger partial charge in [-0.05, 0) is 36.5 Å². The summed E-state index contributed by atoms with van der Waals surface area (Å²) in [5, 5.41) is 7.21. The molecule has 1 aromatic rings. The van der Waals surface area contributed by atoms with E-state index in [0.29, 0.717) is 24.4 Å². The standard InChI is InChI=1S/C14H17ClN2O/c15-11-3-1-2-9(4-11)10-5-12(6-10)17-13-7-14(18)16-8-13/h1-4,10,12-13,17H,5-8H2,(H,16,18). The van der Waals surface area contributed by atoms with Gasteiger partial charge in [-0.2, -0.15) is 0 Å². The van der Waals surface area contributed by atoms with Crippen molar-refractivity contribution < 1.29 is 4.79 Å². The summed E-state index contributed by atoms with van der Waals surface area (Å²) in [5.41, 5.74) is 1.33. The van der Waals surface area contributed by atoms with Crippen molar-refractivity contribution in [2.75, 3.05) is 6.54 Å². The van der Waals surface area contributed by atoms with E-state index in [-0.39, 0.29) is 5.91 Å². The zero-order valence-electron chi connectivity index (χ0n) is 10.2. The van der Waals surface area contributed by atoms with Crippen LogP contribution >= 0.6 is 11.6 Å². The number of nitrogens with one attached hydrogen (secondary N) is 2. The second-order valence-electron chi connectivity index (χ2n) is 5.29. The number of hydrogen-bond donors (Lipinski definition) is 2. The summed E-state index contributed by atoms with van der Waals surface area (Å²) in [6.45, 7) is 0.775. The fourth-order valence-electron chi connectivity index (χ4n) is 2.84. The minimum atomic E-state index is 0.165. The van der Waals surface area contributed by atoms with Crippen LogP contribution in [0.25, 0.3) is 0 Å². The van der Waals surface area contributed by atoms with Crippen molar-refractivity contribution in [1.29, 1.82) is 0 Å². The predicted molar refractivity (Wildman–Crippen MR) is 71.8 cm³/mol. The van der Waals surface area contributed by atoms with Crippen molar-refractivity contribution in [3.05, 3.63) is 34.9 Å². The van der Waals surface area contributed by atoms with Gasteiger partial charge >= 0.3 is 0 Å². The third kappa shape index (κ3) is 2.52. The molecule has 4 heteroatoms. The first-order valence-electron chi connectivity index (χ1n) is 6.49. The molecule has 1 aliphatic carbocycles. The summed E-state index contributed by atoms with van der Waals surface area (Å²) >= 11 is 6.00. The SMILES string of the molecule is O=C1CC(NC2CC(c3cccc(Cl)c3)C2)CN1. The van der Waals surface area contributed by atoms with Gasteiger partial charge in [0.25, 0.3) is 0 Å². The van der Waals surface area contributed by atoms with E-state index in [1.54, 1.807) is 0 Å². The van der Waals surface area contributed by atoms with Gasteiger partial charge in [0.1, 0.15) is 0 Å². The Kier molecular flexibility index (Phi) is 3.27. The number of amides is 1. The van der Waals surface area contributed by atoms with Crippen molar-refractivity contribution in [3.63, 3.8) is 0 Å². The fraction of sp³-hybridized carbons (Fsp3) is 0.500. The van der Waals surface area contributed by atoms with Gasteiger partial charge in [0.05, 0.1) is 0 Å². The Labute approximate surface area is 112 Å². The summed E-state index contributed by atoms with van der Waals surface area (Å²) in [7, 11) is 0. The lowest BCUT2D eigenvalue weighted by Crippen LogP contribution is -2.46. The molecule has 1 unspecified atom stereocenters. The van der Waals surface area contributed by atoms with Crippen molar-refractivity contribution in [2.24, 2.45) is 0 Å². The molecule has 1 saturated heterocycles. The van der Waals surface area contributed by atoms with Crippen molar-refractivity contribution >= 4 is 17.5 Å². The molecule has 1 aliphatic heterocycles. The molecule has 1 amide bonds. The lowest BCUT2D eigenvalue weighted by Gasteiger charge is -2.38. The van der Waals surface area contributed by atoms with Crippen LogP contribution in [0.4, 0.5) is 0 Å². The normalized spacial score (nSPS) is 30.9. The quantitative estimate of drug-likeness (QED) is 0.878. The first-order valence-corrected chi connectivity index (χ1v) is 6.87. The first kappa shape index (κ1) is 12.0. The van der Waals surface area contributed by atoms with Crippen LogP contribution in [0.1, 0.15) is 30.7 Å². The average Bonchev–Trinajstić information content (AvgIpc) is 2.69. The minimum absolute atomic E-state index is 0.165. The molecule has 1 aromatic carbocycles. The molecule has 2 fully saturated rings. The molecule has 2 N–H and O–H groups in total. The zero-order valence-corrected chi connectivity index (χ0v) is 10.9. The van der Waals surface area contributed by atoms with Gasteiger partial charge < -0.3 is 10.6 Å². The smallest absolute Gasteiger partial charge is 0.221 e. The van der Waals surface area contributed by atoms with Gasteiger partial charge in [-0.3, -0.25) is 4.79 Å². The summed E-state index contributed by atoms with van der Waals surface area (Å²) in [6, 6.07) is 9.00. The predicted octanol–water partition coefficient (Wildman–Crippen LogP) is 2.06. The van der Waals surface area contributed by atoms with Crippen LogP contribution < -0.4 is 10.6 Å². The number of rotatable bonds is 3. The number of benzene rings is 1. The molecule has 18 heavy (non-hydrogen) atoms. The average molecular weight is 265 g/mol. The summed E-state index contributed by atoms with van der Waals surface area (Å²) in [4.78, 5) is 11.1. The lowest BCUT2D eigenvalue weighted by molar-refractivity contribution is -0.119. The Balaban J connectivity index is 1.50. The summed E-state index contributed by atoms with van der Waals surface area (Å²) in [6.07, 6.45) is 2.91. The van der Waals surface area contributed by atoms with Crippen LogP contribution in [0.15, 0.2) is 24.3 Å². The van der Waals surface area contributed by atoms with Gasteiger partial charge in [0, 0.05) is 30.1 Å². The molecule has 1 heterocycles. The molecular formula is C14H17ClN2O. The molecular weight excluding hydrogens is 248 g/mol. The summed E-state index contributed by atoms with van der Waals surface area (Å²) < 4.78 is 0. The Hall–Kier alpha value is -1.06. The fourth-order valence-corrected chi connectivity index (χ4v) is 3.04. The Morgan fingerprint density at radius 1 is 1.28 bits per heavy atom. The molecule has 3 rings (SSSR count). The zero-order chi connectivity index (χ0) is 12.5. The molecule has 1 atom stereocenters. The lowest BCUT2D eigenvalue weighted by atomic mass is 9.75.